The van der Waals surface area contributed by atoms with Gasteiger partial charge >= 0.3 is 0 Å². The summed E-state index contributed by atoms with van der Waals surface area (Å²) in [6.45, 7) is 9.30. The molecular formula is C30H37N5O. The highest BCUT2D eigenvalue weighted by atomic mass is 16.1. The first-order valence-electron chi connectivity index (χ1n) is 13.4. The summed E-state index contributed by atoms with van der Waals surface area (Å²) in [6.07, 6.45) is 8.05. The lowest BCUT2D eigenvalue weighted by molar-refractivity contribution is 0.0290. The fourth-order valence-corrected chi connectivity index (χ4v) is 5.92. The van der Waals surface area contributed by atoms with Crippen LogP contribution >= 0.6 is 0 Å². The van der Waals surface area contributed by atoms with E-state index in [1.807, 2.05) is 55.7 Å². The van der Waals surface area contributed by atoms with Crippen molar-refractivity contribution in [1.29, 1.82) is 0 Å². The van der Waals surface area contributed by atoms with Crippen molar-refractivity contribution in [1.82, 2.24) is 25.2 Å². The molecular weight excluding hydrogens is 446 g/mol. The molecule has 2 bridgehead atoms. The number of aryl methyl sites for hydroxylation is 1. The van der Waals surface area contributed by atoms with Gasteiger partial charge in [0.05, 0.1) is 0 Å². The van der Waals surface area contributed by atoms with E-state index in [1.165, 1.54) is 12.1 Å². The van der Waals surface area contributed by atoms with Crippen LogP contribution in [-0.2, 0) is 0 Å². The molecule has 0 radical (unpaired) electrons. The first-order chi connectivity index (χ1) is 17.6. The number of rotatable bonds is 8. The van der Waals surface area contributed by atoms with Gasteiger partial charge in [-0.05, 0) is 75.4 Å². The number of hydrogen-bond donors (Lipinski definition) is 1. The lowest BCUT2D eigenvalue weighted by Gasteiger charge is -2.49. The Balaban J connectivity index is 1.33. The molecule has 3 saturated heterocycles. The number of piperidine rings is 3. The van der Waals surface area contributed by atoms with Crippen LogP contribution in [0.25, 0.3) is 11.4 Å². The Hall–Kier alpha value is -3.12. The highest BCUT2D eigenvalue weighted by molar-refractivity contribution is 5.94. The molecule has 1 aromatic carbocycles. The van der Waals surface area contributed by atoms with Gasteiger partial charge in [0.2, 0.25) is 0 Å². The highest BCUT2D eigenvalue weighted by Crippen LogP contribution is 2.42. The van der Waals surface area contributed by atoms with E-state index < -0.39 is 0 Å². The first kappa shape index (κ1) is 24.6. The third kappa shape index (κ3) is 5.19. The van der Waals surface area contributed by atoms with Crippen molar-refractivity contribution in [3.63, 3.8) is 0 Å². The average molecular weight is 484 g/mol. The van der Waals surface area contributed by atoms with Crippen LogP contribution in [0.3, 0.4) is 0 Å². The molecule has 3 aromatic rings. The van der Waals surface area contributed by atoms with Gasteiger partial charge in [-0.15, -0.1) is 0 Å². The smallest absolute Gasteiger partial charge is 0.251 e. The summed E-state index contributed by atoms with van der Waals surface area (Å²) in [5.74, 6) is 2.25. The molecule has 3 fully saturated rings. The molecule has 1 unspecified atom stereocenters. The zero-order valence-corrected chi connectivity index (χ0v) is 21.7. The van der Waals surface area contributed by atoms with E-state index in [1.54, 1.807) is 0 Å². The molecule has 3 aliphatic rings. The van der Waals surface area contributed by atoms with Crippen molar-refractivity contribution < 1.29 is 4.79 Å². The molecule has 0 spiro atoms. The lowest BCUT2D eigenvalue weighted by atomic mass is 9.74. The van der Waals surface area contributed by atoms with Crippen LogP contribution in [0, 0.1) is 12.8 Å². The SMILES string of the molecule is CCC(CC)c1cc([C@H]2CN3CC[C@H]2C[C@@H]3CNC(=O)c2ccc(C)cc2)nc(-c2ccncc2)n1. The van der Waals surface area contributed by atoms with Gasteiger partial charge in [-0.2, -0.15) is 0 Å². The molecule has 5 heterocycles. The number of nitrogens with one attached hydrogen (secondary N) is 1. The van der Waals surface area contributed by atoms with Gasteiger partial charge in [0.25, 0.3) is 5.91 Å². The second kappa shape index (κ2) is 10.9. The fourth-order valence-electron chi connectivity index (χ4n) is 5.92. The van der Waals surface area contributed by atoms with Crippen molar-refractivity contribution in [3.05, 3.63) is 77.4 Å². The second-order valence-corrected chi connectivity index (χ2v) is 10.4. The third-order valence-electron chi connectivity index (χ3n) is 8.18. The molecule has 3 aliphatic heterocycles. The maximum absolute atomic E-state index is 12.7. The Kier molecular flexibility index (Phi) is 7.42. The summed E-state index contributed by atoms with van der Waals surface area (Å²) in [5, 5.41) is 3.19. The van der Waals surface area contributed by atoms with Crippen LogP contribution in [-0.4, -0.2) is 51.4 Å². The maximum Gasteiger partial charge on any atom is 0.251 e. The molecule has 2 aromatic heterocycles. The molecule has 0 aliphatic carbocycles. The molecule has 4 atom stereocenters. The van der Waals surface area contributed by atoms with Gasteiger partial charge in [0, 0.05) is 65.9 Å². The zero-order chi connectivity index (χ0) is 25.1. The number of aromatic nitrogens is 3. The predicted molar refractivity (Wildman–Crippen MR) is 143 cm³/mol. The minimum absolute atomic E-state index is 0.0156. The van der Waals surface area contributed by atoms with Crippen LogP contribution < -0.4 is 5.32 Å². The molecule has 36 heavy (non-hydrogen) atoms. The van der Waals surface area contributed by atoms with Crippen molar-refractivity contribution in [2.45, 2.75) is 64.3 Å². The van der Waals surface area contributed by atoms with Gasteiger partial charge in [-0.25, -0.2) is 9.97 Å². The van der Waals surface area contributed by atoms with Crippen molar-refractivity contribution >= 4 is 5.91 Å². The lowest BCUT2D eigenvalue weighted by Crippen LogP contribution is -2.56. The van der Waals surface area contributed by atoms with Crippen LogP contribution in [0.5, 0.6) is 0 Å². The number of fused-ring (bicyclic) bond motifs is 3. The zero-order valence-electron chi connectivity index (χ0n) is 21.7. The van der Waals surface area contributed by atoms with E-state index in [0.717, 1.165) is 60.6 Å². The number of carbonyl (C=O) groups is 1. The van der Waals surface area contributed by atoms with E-state index in [0.29, 0.717) is 30.3 Å². The number of hydrogen-bond acceptors (Lipinski definition) is 5. The van der Waals surface area contributed by atoms with E-state index >= 15 is 0 Å². The van der Waals surface area contributed by atoms with Gasteiger partial charge in [0.1, 0.15) is 0 Å². The molecule has 0 saturated carbocycles. The largest absolute Gasteiger partial charge is 0.350 e. The maximum atomic E-state index is 12.7. The van der Waals surface area contributed by atoms with Crippen LogP contribution in [0.15, 0.2) is 54.9 Å². The highest BCUT2D eigenvalue weighted by Gasteiger charge is 2.41. The topological polar surface area (TPSA) is 71.0 Å². The molecule has 1 amide bonds. The molecule has 6 heteroatoms. The molecule has 1 N–H and O–H groups in total. The number of nitrogens with zero attached hydrogens (tertiary/aromatic N) is 4. The summed E-state index contributed by atoms with van der Waals surface area (Å²) in [7, 11) is 0. The van der Waals surface area contributed by atoms with E-state index in [2.05, 4.69) is 35.1 Å². The summed E-state index contributed by atoms with van der Waals surface area (Å²) in [6, 6.07) is 14.4. The number of carbonyl (C=O) groups excluding carboxylic acids is 1. The third-order valence-corrected chi connectivity index (χ3v) is 8.18. The van der Waals surface area contributed by atoms with Crippen LogP contribution in [0.1, 0.15) is 78.7 Å². The van der Waals surface area contributed by atoms with Gasteiger partial charge in [0.15, 0.2) is 5.82 Å². The van der Waals surface area contributed by atoms with Crippen LogP contribution in [0.2, 0.25) is 0 Å². The Morgan fingerprint density at radius 2 is 1.83 bits per heavy atom. The summed E-state index contributed by atoms with van der Waals surface area (Å²) >= 11 is 0. The fraction of sp³-hybridized carbons (Fsp3) is 0.467. The van der Waals surface area contributed by atoms with Crippen molar-refractivity contribution in [2.24, 2.45) is 5.92 Å². The number of pyridine rings is 1. The molecule has 6 rings (SSSR count). The van der Waals surface area contributed by atoms with Gasteiger partial charge in [-0.1, -0.05) is 31.5 Å². The first-order valence-corrected chi connectivity index (χ1v) is 13.4. The van der Waals surface area contributed by atoms with Crippen molar-refractivity contribution in [3.8, 4) is 11.4 Å². The summed E-state index contributed by atoms with van der Waals surface area (Å²) in [5.41, 5.74) is 5.26. The van der Waals surface area contributed by atoms with Crippen LogP contribution in [0.4, 0.5) is 0 Å². The number of amides is 1. The van der Waals surface area contributed by atoms with E-state index in [4.69, 9.17) is 9.97 Å². The summed E-state index contributed by atoms with van der Waals surface area (Å²) < 4.78 is 0. The average Bonchev–Trinajstić information content (AvgIpc) is 2.93. The Morgan fingerprint density at radius 3 is 2.50 bits per heavy atom. The number of benzene rings is 1. The Labute approximate surface area is 214 Å². The van der Waals surface area contributed by atoms with Gasteiger partial charge in [-0.3, -0.25) is 14.7 Å². The Bertz CT molecular complexity index is 1180. The summed E-state index contributed by atoms with van der Waals surface area (Å²) in [4.78, 5) is 29.5. The molecule has 6 nitrogen and oxygen atoms in total. The van der Waals surface area contributed by atoms with Crippen molar-refractivity contribution in [2.75, 3.05) is 19.6 Å². The van der Waals surface area contributed by atoms with E-state index in [-0.39, 0.29) is 5.91 Å². The normalized spacial score (nSPS) is 23.1. The minimum Gasteiger partial charge on any atom is -0.350 e. The van der Waals surface area contributed by atoms with E-state index in [9.17, 15) is 4.79 Å². The quantitative estimate of drug-likeness (QED) is 0.467. The monoisotopic (exact) mass is 483 g/mol. The predicted octanol–water partition coefficient (Wildman–Crippen LogP) is 5.36. The second-order valence-electron chi connectivity index (χ2n) is 10.4. The standard InChI is InChI=1S/C30H37N5O/c1-4-21(5-2)27-17-28(34-29(33-27)22-10-13-31-14-11-22)26-19-35-15-12-24(26)16-25(35)18-32-30(36)23-8-6-20(3)7-9-23/h6-11,13-14,17,21,24-26H,4-5,12,15-16,18-19H2,1-3H3,(H,32,36)/t24-,25+,26-/m0/s1. The minimum atomic E-state index is 0.0156. The van der Waals surface area contributed by atoms with Gasteiger partial charge < -0.3 is 5.32 Å². The Morgan fingerprint density at radius 1 is 1.08 bits per heavy atom. The molecule has 188 valence electrons.